The normalized spacial score (nSPS) is 21.6. The standard InChI is InChI=1S/C14H16N4O3/c1-15-12-7-3-6-11(12)14-16-13(17-21-14)9-4-2-5-10(8-9)18(19)20/h2,4-5,8,11-12,15H,3,6-7H2,1H3. The Bertz CT molecular complexity index is 655. The molecule has 1 aliphatic rings. The smallest absolute Gasteiger partial charge is 0.270 e. The average molecular weight is 288 g/mol. The van der Waals surface area contributed by atoms with Crippen LogP contribution in [0.1, 0.15) is 31.1 Å². The van der Waals surface area contributed by atoms with Crippen LogP contribution in [0.4, 0.5) is 5.69 Å². The van der Waals surface area contributed by atoms with Crippen molar-refractivity contribution >= 4 is 5.69 Å². The van der Waals surface area contributed by atoms with Gasteiger partial charge in [0, 0.05) is 23.7 Å². The molecule has 21 heavy (non-hydrogen) atoms. The number of nitro benzene ring substituents is 1. The molecule has 7 nitrogen and oxygen atoms in total. The molecule has 0 spiro atoms. The molecule has 0 saturated heterocycles. The zero-order valence-corrected chi connectivity index (χ0v) is 11.7. The van der Waals surface area contributed by atoms with Crippen molar-refractivity contribution in [2.75, 3.05) is 7.05 Å². The van der Waals surface area contributed by atoms with Crippen LogP contribution in [-0.4, -0.2) is 28.2 Å². The molecular weight excluding hydrogens is 272 g/mol. The maximum Gasteiger partial charge on any atom is 0.270 e. The Kier molecular flexibility index (Phi) is 3.66. The minimum atomic E-state index is -0.432. The van der Waals surface area contributed by atoms with Crippen molar-refractivity contribution in [3.05, 3.63) is 40.3 Å². The molecule has 0 radical (unpaired) electrons. The maximum atomic E-state index is 10.8. The minimum Gasteiger partial charge on any atom is -0.339 e. The average Bonchev–Trinajstić information content (AvgIpc) is 3.15. The molecule has 3 rings (SSSR count). The second kappa shape index (κ2) is 5.61. The van der Waals surface area contributed by atoms with Gasteiger partial charge in [0.1, 0.15) is 0 Å². The van der Waals surface area contributed by atoms with Crippen LogP contribution >= 0.6 is 0 Å². The van der Waals surface area contributed by atoms with E-state index in [9.17, 15) is 10.1 Å². The third kappa shape index (κ3) is 2.64. The SMILES string of the molecule is CNC1CCCC1c1nc(-c2cccc([N+](=O)[O-])c2)no1. The fourth-order valence-electron chi connectivity index (χ4n) is 2.86. The van der Waals surface area contributed by atoms with Crippen molar-refractivity contribution in [3.63, 3.8) is 0 Å². The molecule has 1 fully saturated rings. The van der Waals surface area contributed by atoms with Gasteiger partial charge in [-0.3, -0.25) is 10.1 Å². The van der Waals surface area contributed by atoms with Gasteiger partial charge < -0.3 is 9.84 Å². The minimum absolute atomic E-state index is 0.0211. The van der Waals surface area contributed by atoms with Crippen molar-refractivity contribution < 1.29 is 9.45 Å². The Morgan fingerprint density at radius 3 is 3.05 bits per heavy atom. The van der Waals surface area contributed by atoms with Gasteiger partial charge in [-0.2, -0.15) is 4.98 Å². The molecule has 1 N–H and O–H groups in total. The largest absolute Gasteiger partial charge is 0.339 e. The molecule has 0 bridgehead atoms. The summed E-state index contributed by atoms with van der Waals surface area (Å²) in [6.07, 6.45) is 3.24. The fourth-order valence-corrected chi connectivity index (χ4v) is 2.86. The number of nitro groups is 1. The van der Waals surface area contributed by atoms with Gasteiger partial charge in [-0.05, 0) is 19.9 Å². The summed E-state index contributed by atoms with van der Waals surface area (Å²) in [6, 6.07) is 6.61. The molecule has 0 aliphatic heterocycles. The number of benzene rings is 1. The van der Waals surface area contributed by atoms with E-state index in [0.29, 0.717) is 23.3 Å². The first kappa shape index (κ1) is 13.7. The van der Waals surface area contributed by atoms with Gasteiger partial charge in [-0.25, -0.2) is 0 Å². The molecular formula is C14H16N4O3. The molecule has 1 heterocycles. The van der Waals surface area contributed by atoms with E-state index in [1.807, 2.05) is 7.05 Å². The second-order valence-electron chi connectivity index (χ2n) is 5.20. The van der Waals surface area contributed by atoms with Gasteiger partial charge in [0.25, 0.3) is 5.69 Å². The van der Waals surface area contributed by atoms with E-state index in [-0.39, 0.29) is 11.6 Å². The van der Waals surface area contributed by atoms with Gasteiger partial charge in [0.2, 0.25) is 11.7 Å². The zero-order valence-electron chi connectivity index (χ0n) is 11.7. The van der Waals surface area contributed by atoms with Crippen LogP contribution in [0.3, 0.4) is 0 Å². The molecule has 7 heteroatoms. The summed E-state index contributed by atoms with van der Waals surface area (Å²) in [4.78, 5) is 14.8. The van der Waals surface area contributed by atoms with Crippen LogP contribution < -0.4 is 5.32 Å². The van der Waals surface area contributed by atoms with Crippen molar-refractivity contribution in [1.82, 2.24) is 15.5 Å². The van der Waals surface area contributed by atoms with Crippen molar-refractivity contribution in [2.45, 2.75) is 31.2 Å². The first-order valence-electron chi connectivity index (χ1n) is 6.94. The molecule has 0 amide bonds. The molecule has 1 aromatic heterocycles. The highest BCUT2D eigenvalue weighted by Crippen LogP contribution is 2.34. The topological polar surface area (TPSA) is 94.1 Å². The number of hydrogen-bond donors (Lipinski definition) is 1. The summed E-state index contributed by atoms with van der Waals surface area (Å²) in [7, 11) is 1.93. The molecule has 1 aromatic carbocycles. The van der Waals surface area contributed by atoms with Gasteiger partial charge in [0.15, 0.2) is 0 Å². The van der Waals surface area contributed by atoms with Gasteiger partial charge in [-0.15, -0.1) is 0 Å². The Morgan fingerprint density at radius 1 is 1.43 bits per heavy atom. The summed E-state index contributed by atoms with van der Waals surface area (Å²) in [5.41, 5.74) is 0.617. The maximum absolute atomic E-state index is 10.8. The Morgan fingerprint density at radius 2 is 2.29 bits per heavy atom. The number of nitrogens with one attached hydrogen (secondary N) is 1. The van der Waals surface area contributed by atoms with Gasteiger partial charge in [0.05, 0.1) is 10.8 Å². The van der Waals surface area contributed by atoms with E-state index in [1.54, 1.807) is 12.1 Å². The highest BCUT2D eigenvalue weighted by Gasteiger charge is 2.32. The number of non-ortho nitro benzene ring substituents is 1. The van der Waals surface area contributed by atoms with Crippen LogP contribution in [-0.2, 0) is 0 Å². The highest BCUT2D eigenvalue weighted by molar-refractivity contribution is 5.58. The number of hydrogen-bond acceptors (Lipinski definition) is 6. The van der Waals surface area contributed by atoms with Gasteiger partial charge in [-0.1, -0.05) is 23.7 Å². The van der Waals surface area contributed by atoms with E-state index < -0.39 is 4.92 Å². The monoisotopic (exact) mass is 288 g/mol. The highest BCUT2D eigenvalue weighted by atomic mass is 16.6. The molecule has 2 unspecified atom stereocenters. The first-order chi connectivity index (χ1) is 10.2. The fraction of sp³-hybridized carbons (Fsp3) is 0.429. The second-order valence-corrected chi connectivity index (χ2v) is 5.20. The molecule has 1 aliphatic carbocycles. The van der Waals surface area contributed by atoms with Crippen LogP contribution in [0.15, 0.2) is 28.8 Å². The quantitative estimate of drug-likeness (QED) is 0.686. The summed E-state index contributed by atoms with van der Waals surface area (Å²) in [5.74, 6) is 1.22. The Labute approximate surface area is 121 Å². The van der Waals surface area contributed by atoms with Crippen LogP contribution in [0.2, 0.25) is 0 Å². The number of aromatic nitrogens is 2. The molecule has 2 aromatic rings. The zero-order chi connectivity index (χ0) is 14.8. The van der Waals surface area contributed by atoms with Crippen molar-refractivity contribution in [3.8, 4) is 11.4 Å². The van der Waals surface area contributed by atoms with Crippen LogP contribution in [0, 0.1) is 10.1 Å². The molecule has 1 saturated carbocycles. The summed E-state index contributed by atoms with van der Waals surface area (Å²) in [6.45, 7) is 0. The lowest BCUT2D eigenvalue weighted by Gasteiger charge is -2.14. The predicted molar refractivity (Wildman–Crippen MR) is 75.8 cm³/mol. The van der Waals surface area contributed by atoms with Crippen molar-refractivity contribution in [1.29, 1.82) is 0 Å². The van der Waals surface area contributed by atoms with Crippen LogP contribution in [0.5, 0.6) is 0 Å². The van der Waals surface area contributed by atoms with E-state index in [1.165, 1.54) is 12.1 Å². The Balaban J connectivity index is 1.88. The first-order valence-corrected chi connectivity index (χ1v) is 6.94. The Hall–Kier alpha value is -2.28. The van der Waals surface area contributed by atoms with E-state index in [2.05, 4.69) is 15.5 Å². The third-order valence-electron chi connectivity index (χ3n) is 3.96. The predicted octanol–water partition coefficient (Wildman–Crippen LogP) is 2.50. The lowest BCUT2D eigenvalue weighted by atomic mass is 10.0. The molecule has 2 atom stereocenters. The number of nitrogens with zero attached hydrogens (tertiary/aromatic N) is 3. The number of rotatable bonds is 4. The van der Waals surface area contributed by atoms with Gasteiger partial charge >= 0.3 is 0 Å². The van der Waals surface area contributed by atoms with E-state index >= 15 is 0 Å². The van der Waals surface area contributed by atoms with Crippen LogP contribution in [0.25, 0.3) is 11.4 Å². The molecule has 110 valence electrons. The third-order valence-corrected chi connectivity index (χ3v) is 3.96. The lowest BCUT2D eigenvalue weighted by Crippen LogP contribution is -2.27. The summed E-state index contributed by atoms with van der Waals surface area (Å²) >= 11 is 0. The van der Waals surface area contributed by atoms with E-state index in [4.69, 9.17) is 4.52 Å². The summed E-state index contributed by atoms with van der Waals surface area (Å²) in [5, 5.41) is 18.0. The number of likely N-dealkylation sites (N-methyl/N-ethyl adjacent to an activating group) is 1. The summed E-state index contributed by atoms with van der Waals surface area (Å²) < 4.78 is 5.36. The lowest BCUT2D eigenvalue weighted by molar-refractivity contribution is -0.384. The van der Waals surface area contributed by atoms with E-state index in [0.717, 1.165) is 19.3 Å². The van der Waals surface area contributed by atoms with Crippen molar-refractivity contribution in [2.24, 2.45) is 0 Å².